The number of aromatic amines is 1. The largest absolute Gasteiger partial charge is 0.321 e. The first kappa shape index (κ1) is 13.9. The number of alkyl halides is 1. The molecule has 2 saturated carbocycles. The van der Waals surface area contributed by atoms with Gasteiger partial charge in [0, 0.05) is 23.6 Å². The number of hydrogen-bond donors (Lipinski definition) is 2. The van der Waals surface area contributed by atoms with Crippen LogP contribution >= 0.6 is 11.6 Å². The minimum absolute atomic E-state index is 0.0249. The van der Waals surface area contributed by atoms with Gasteiger partial charge in [0.1, 0.15) is 12.0 Å². The van der Waals surface area contributed by atoms with Gasteiger partial charge >= 0.3 is 0 Å². The number of H-pyrrole nitrogens is 1. The molecule has 0 radical (unpaired) electrons. The summed E-state index contributed by atoms with van der Waals surface area (Å²) in [5.74, 6) is 0.750. The zero-order valence-corrected chi connectivity index (χ0v) is 12.4. The molecule has 0 amide bonds. The number of halogens is 3. The Morgan fingerprint density at radius 2 is 2.00 bits per heavy atom. The molecular formula is C14H14ClF2N5. The highest BCUT2D eigenvalue weighted by molar-refractivity contribution is 6.29. The summed E-state index contributed by atoms with van der Waals surface area (Å²) in [6.07, 6.45) is 2.27. The van der Waals surface area contributed by atoms with E-state index in [1.165, 1.54) is 0 Å². The van der Waals surface area contributed by atoms with E-state index in [-0.39, 0.29) is 22.8 Å². The van der Waals surface area contributed by atoms with Crippen molar-refractivity contribution in [3.63, 3.8) is 0 Å². The molecule has 0 saturated heterocycles. The van der Waals surface area contributed by atoms with Crippen LogP contribution in [0.2, 0.25) is 5.15 Å². The van der Waals surface area contributed by atoms with E-state index in [0.29, 0.717) is 24.5 Å². The average molecular weight is 326 g/mol. The lowest BCUT2D eigenvalue weighted by Gasteiger charge is -2.28. The molecule has 2 aliphatic carbocycles. The van der Waals surface area contributed by atoms with Gasteiger partial charge in [-0.2, -0.15) is 9.49 Å². The van der Waals surface area contributed by atoms with E-state index >= 15 is 0 Å². The van der Waals surface area contributed by atoms with Crippen LogP contribution in [0.4, 0.5) is 20.4 Å². The van der Waals surface area contributed by atoms with Gasteiger partial charge in [0.15, 0.2) is 16.8 Å². The third kappa shape index (κ3) is 2.54. The SMILES string of the molecule is Fc1c(Cl)nc(C2CC2)nc1Nc1cc(C2CC(F)C2)[nH]n1. The second kappa shape index (κ2) is 5.15. The van der Waals surface area contributed by atoms with Gasteiger partial charge in [-0.3, -0.25) is 5.10 Å². The number of hydrogen-bond acceptors (Lipinski definition) is 4. The summed E-state index contributed by atoms with van der Waals surface area (Å²) >= 11 is 5.82. The Hall–Kier alpha value is -1.76. The van der Waals surface area contributed by atoms with Crippen LogP contribution in [0.3, 0.4) is 0 Å². The Bertz CT molecular complexity index is 709. The molecule has 0 unspecified atom stereocenters. The molecule has 2 N–H and O–H groups in total. The number of aromatic nitrogens is 4. The van der Waals surface area contributed by atoms with Crippen molar-refractivity contribution in [2.45, 2.75) is 43.7 Å². The van der Waals surface area contributed by atoms with Crippen LogP contribution in [0.1, 0.15) is 49.0 Å². The van der Waals surface area contributed by atoms with Crippen molar-refractivity contribution < 1.29 is 8.78 Å². The topological polar surface area (TPSA) is 66.5 Å². The predicted octanol–water partition coefficient (Wildman–Crippen LogP) is 3.83. The zero-order chi connectivity index (χ0) is 15.3. The molecule has 22 heavy (non-hydrogen) atoms. The molecule has 0 atom stereocenters. The minimum Gasteiger partial charge on any atom is -0.321 e. The van der Waals surface area contributed by atoms with Gasteiger partial charge in [0.05, 0.1) is 0 Å². The molecule has 2 aliphatic rings. The Balaban J connectivity index is 1.55. The standard InChI is InChI=1S/C14H14ClF2N5/c15-12-11(17)14(20-13(19-12)6-1-2-6)18-10-5-9(21-22-10)7-3-8(16)4-7/h5-8H,1-4H2,(H2,18,19,20,21,22). The van der Waals surface area contributed by atoms with Gasteiger partial charge in [-0.1, -0.05) is 11.6 Å². The van der Waals surface area contributed by atoms with Crippen molar-refractivity contribution in [2.75, 3.05) is 5.32 Å². The number of rotatable bonds is 4. The Morgan fingerprint density at radius 3 is 2.68 bits per heavy atom. The summed E-state index contributed by atoms with van der Waals surface area (Å²) in [5, 5.41) is 9.56. The summed E-state index contributed by atoms with van der Waals surface area (Å²) in [5.41, 5.74) is 0.847. The van der Waals surface area contributed by atoms with Gasteiger partial charge in [0.25, 0.3) is 0 Å². The molecule has 2 fully saturated rings. The number of anilines is 2. The normalized spacial score (nSPS) is 24.1. The van der Waals surface area contributed by atoms with Crippen LogP contribution in [-0.2, 0) is 0 Å². The van der Waals surface area contributed by atoms with E-state index in [1.807, 2.05) is 0 Å². The van der Waals surface area contributed by atoms with Crippen molar-refractivity contribution in [2.24, 2.45) is 0 Å². The van der Waals surface area contributed by atoms with E-state index in [1.54, 1.807) is 6.07 Å². The van der Waals surface area contributed by atoms with Crippen LogP contribution in [-0.4, -0.2) is 26.3 Å². The Labute approximate surface area is 130 Å². The fourth-order valence-electron chi connectivity index (χ4n) is 2.58. The summed E-state index contributed by atoms with van der Waals surface area (Å²) in [6.45, 7) is 0. The first-order valence-corrected chi connectivity index (χ1v) is 7.67. The molecule has 8 heteroatoms. The van der Waals surface area contributed by atoms with E-state index < -0.39 is 12.0 Å². The van der Waals surface area contributed by atoms with Crippen LogP contribution < -0.4 is 5.32 Å². The minimum atomic E-state index is -0.732. The Kier molecular flexibility index (Phi) is 3.25. The van der Waals surface area contributed by atoms with E-state index in [4.69, 9.17) is 11.6 Å². The zero-order valence-electron chi connectivity index (χ0n) is 11.6. The van der Waals surface area contributed by atoms with Gasteiger partial charge in [-0.15, -0.1) is 0 Å². The van der Waals surface area contributed by atoms with E-state index in [2.05, 4.69) is 25.5 Å². The third-order valence-corrected chi connectivity index (χ3v) is 4.39. The summed E-state index contributed by atoms with van der Waals surface area (Å²) in [7, 11) is 0. The van der Waals surface area contributed by atoms with Gasteiger partial charge < -0.3 is 5.32 Å². The molecule has 0 bridgehead atoms. The van der Waals surface area contributed by atoms with Crippen molar-refractivity contribution in [3.05, 3.63) is 28.6 Å². The second-order valence-corrected chi connectivity index (χ2v) is 6.27. The second-order valence-electron chi connectivity index (χ2n) is 5.91. The van der Waals surface area contributed by atoms with Crippen LogP contribution in [0.15, 0.2) is 6.07 Å². The highest BCUT2D eigenvalue weighted by Gasteiger charge is 2.32. The molecule has 116 valence electrons. The lowest BCUT2D eigenvalue weighted by Crippen LogP contribution is -2.22. The third-order valence-electron chi connectivity index (χ3n) is 4.14. The van der Waals surface area contributed by atoms with Crippen molar-refractivity contribution in [1.29, 1.82) is 0 Å². The molecule has 0 aromatic carbocycles. The molecule has 2 heterocycles. The van der Waals surface area contributed by atoms with Gasteiger partial charge in [-0.05, 0) is 25.7 Å². The van der Waals surface area contributed by atoms with Crippen LogP contribution in [0, 0.1) is 5.82 Å². The highest BCUT2D eigenvalue weighted by atomic mass is 35.5. The highest BCUT2D eigenvalue weighted by Crippen LogP contribution is 2.40. The number of nitrogens with one attached hydrogen (secondary N) is 2. The maximum atomic E-state index is 14.0. The van der Waals surface area contributed by atoms with E-state index in [9.17, 15) is 8.78 Å². The molecular weight excluding hydrogens is 312 g/mol. The molecule has 2 aromatic rings. The lowest BCUT2D eigenvalue weighted by molar-refractivity contribution is 0.176. The predicted molar refractivity (Wildman–Crippen MR) is 77.7 cm³/mol. The summed E-state index contributed by atoms with van der Waals surface area (Å²) < 4.78 is 26.9. The van der Waals surface area contributed by atoms with Crippen molar-refractivity contribution in [3.8, 4) is 0 Å². The van der Waals surface area contributed by atoms with Gasteiger partial charge in [-0.25, -0.2) is 14.4 Å². The van der Waals surface area contributed by atoms with Crippen LogP contribution in [0.5, 0.6) is 0 Å². The molecule has 2 aromatic heterocycles. The van der Waals surface area contributed by atoms with Gasteiger partial charge in [0.2, 0.25) is 5.82 Å². The molecule has 5 nitrogen and oxygen atoms in total. The quantitative estimate of drug-likeness (QED) is 0.838. The Morgan fingerprint density at radius 1 is 1.23 bits per heavy atom. The molecule has 0 aliphatic heterocycles. The van der Waals surface area contributed by atoms with Crippen LogP contribution in [0.25, 0.3) is 0 Å². The number of nitrogens with zero attached hydrogens (tertiary/aromatic N) is 3. The summed E-state index contributed by atoms with van der Waals surface area (Å²) in [4.78, 5) is 8.17. The van der Waals surface area contributed by atoms with Crippen molar-refractivity contribution in [1.82, 2.24) is 20.2 Å². The smallest absolute Gasteiger partial charge is 0.203 e. The summed E-state index contributed by atoms with van der Waals surface area (Å²) in [6, 6.07) is 1.75. The fraction of sp³-hybridized carbons (Fsp3) is 0.500. The lowest BCUT2D eigenvalue weighted by atomic mass is 9.81. The monoisotopic (exact) mass is 325 g/mol. The first-order valence-electron chi connectivity index (χ1n) is 7.29. The molecule has 0 spiro atoms. The maximum absolute atomic E-state index is 14.0. The first-order chi connectivity index (χ1) is 10.6. The van der Waals surface area contributed by atoms with E-state index in [0.717, 1.165) is 18.5 Å². The fourth-order valence-corrected chi connectivity index (χ4v) is 2.75. The maximum Gasteiger partial charge on any atom is 0.203 e. The molecule has 4 rings (SSSR count). The van der Waals surface area contributed by atoms with Crippen molar-refractivity contribution >= 4 is 23.2 Å². The average Bonchev–Trinajstić information content (AvgIpc) is 3.21.